The number of ether oxygens (including phenoxy) is 3. The fraction of sp³-hybridized carbons (Fsp3) is 0.348. The van der Waals surface area contributed by atoms with E-state index in [0.29, 0.717) is 24.5 Å². The summed E-state index contributed by atoms with van der Waals surface area (Å²) in [6.07, 6.45) is 0. The van der Waals surface area contributed by atoms with Gasteiger partial charge in [-0.2, -0.15) is 0 Å². The van der Waals surface area contributed by atoms with Crippen molar-refractivity contribution >= 4 is 22.5 Å². The van der Waals surface area contributed by atoms with E-state index in [1.807, 2.05) is 52.9 Å². The first-order valence-corrected chi connectivity index (χ1v) is 9.96. The molecule has 2 aromatic carbocycles. The summed E-state index contributed by atoms with van der Waals surface area (Å²) < 4.78 is 18.4. The van der Waals surface area contributed by atoms with E-state index in [4.69, 9.17) is 14.2 Å². The number of anilines is 1. The molecule has 0 spiro atoms. The molecule has 2 heterocycles. The fourth-order valence-electron chi connectivity index (χ4n) is 4.16. The number of hydrogen-bond donors (Lipinski definition) is 0. The number of para-hydroxylation sites is 2. The summed E-state index contributed by atoms with van der Waals surface area (Å²) in [6, 6.07) is 13.6. The van der Waals surface area contributed by atoms with Crippen molar-refractivity contribution in [2.75, 3.05) is 52.4 Å². The van der Waals surface area contributed by atoms with Gasteiger partial charge in [-0.3, -0.25) is 4.79 Å². The van der Waals surface area contributed by atoms with Crippen molar-refractivity contribution in [2.45, 2.75) is 0 Å². The molecule has 7 heteroatoms. The van der Waals surface area contributed by atoms with Crippen molar-refractivity contribution in [3.63, 3.8) is 0 Å². The molecule has 0 N–H and O–H groups in total. The molecule has 0 unspecified atom stereocenters. The molecule has 1 aromatic heterocycles. The van der Waals surface area contributed by atoms with Gasteiger partial charge in [0.05, 0.1) is 32.5 Å². The first-order chi connectivity index (χ1) is 14.6. The van der Waals surface area contributed by atoms with Crippen molar-refractivity contribution in [2.24, 2.45) is 7.05 Å². The zero-order valence-corrected chi connectivity index (χ0v) is 17.8. The van der Waals surface area contributed by atoms with Crippen LogP contribution in [0.3, 0.4) is 0 Å². The highest BCUT2D eigenvalue weighted by Gasteiger charge is 2.27. The highest BCUT2D eigenvalue weighted by atomic mass is 16.5. The summed E-state index contributed by atoms with van der Waals surface area (Å²) in [6.45, 7) is 2.80. The lowest BCUT2D eigenvalue weighted by Crippen LogP contribution is -2.49. The van der Waals surface area contributed by atoms with Gasteiger partial charge in [0, 0.05) is 38.6 Å². The summed E-state index contributed by atoms with van der Waals surface area (Å²) in [7, 11) is 6.84. The minimum Gasteiger partial charge on any atom is -0.496 e. The maximum absolute atomic E-state index is 13.3. The topological polar surface area (TPSA) is 56.2 Å². The maximum Gasteiger partial charge on any atom is 0.270 e. The van der Waals surface area contributed by atoms with Gasteiger partial charge in [0.25, 0.3) is 5.91 Å². The molecule has 1 aliphatic heterocycles. The fourth-order valence-corrected chi connectivity index (χ4v) is 4.16. The molecular formula is C23H27N3O4. The van der Waals surface area contributed by atoms with Crippen LogP contribution in [0.25, 0.3) is 10.9 Å². The Bertz CT molecular complexity index is 1070. The van der Waals surface area contributed by atoms with E-state index in [2.05, 4.69) is 11.0 Å². The first kappa shape index (κ1) is 19.9. The van der Waals surface area contributed by atoms with Crippen molar-refractivity contribution in [1.82, 2.24) is 9.47 Å². The van der Waals surface area contributed by atoms with E-state index in [1.165, 1.54) is 0 Å². The predicted octanol–water partition coefficient (Wildman–Crippen LogP) is 3.17. The Hall–Kier alpha value is -3.35. The molecule has 30 heavy (non-hydrogen) atoms. The third-order valence-electron chi connectivity index (χ3n) is 5.77. The Balaban J connectivity index is 1.58. The van der Waals surface area contributed by atoms with Crippen LogP contribution in [-0.4, -0.2) is 62.9 Å². The minimum absolute atomic E-state index is 0.0116. The highest BCUT2D eigenvalue weighted by molar-refractivity contribution is 6.02. The van der Waals surface area contributed by atoms with Gasteiger partial charge in [-0.25, -0.2) is 0 Å². The van der Waals surface area contributed by atoms with Crippen molar-refractivity contribution in [3.8, 4) is 17.2 Å². The zero-order valence-electron chi connectivity index (χ0n) is 17.8. The standard InChI is InChI=1S/C23H27N3O4/c1-24-18(15-16-19(28-2)9-10-21(30-4)22(16)24)23(27)26-13-11-25(12-14-26)17-7-5-6-8-20(17)29-3/h5-10,15H,11-14H2,1-4H3. The van der Waals surface area contributed by atoms with Gasteiger partial charge in [-0.1, -0.05) is 12.1 Å². The predicted molar refractivity (Wildman–Crippen MR) is 117 cm³/mol. The van der Waals surface area contributed by atoms with Gasteiger partial charge in [0.1, 0.15) is 22.9 Å². The average molecular weight is 409 g/mol. The lowest BCUT2D eigenvalue weighted by molar-refractivity contribution is 0.0737. The molecule has 3 aromatic rings. The third-order valence-corrected chi connectivity index (χ3v) is 5.77. The molecule has 0 aliphatic carbocycles. The van der Waals surface area contributed by atoms with Gasteiger partial charge in [-0.15, -0.1) is 0 Å². The number of benzene rings is 2. The van der Waals surface area contributed by atoms with Crippen LogP contribution in [-0.2, 0) is 7.05 Å². The number of amides is 1. The van der Waals surface area contributed by atoms with E-state index in [-0.39, 0.29) is 5.91 Å². The van der Waals surface area contributed by atoms with Crippen LogP contribution in [0.1, 0.15) is 10.5 Å². The number of aryl methyl sites for hydroxylation is 1. The van der Waals surface area contributed by atoms with E-state index in [1.54, 1.807) is 21.3 Å². The highest BCUT2D eigenvalue weighted by Crippen LogP contribution is 2.35. The van der Waals surface area contributed by atoms with Crippen LogP contribution in [0, 0.1) is 0 Å². The molecule has 158 valence electrons. The number of fused-ring (bicyclic) bond motifs is 1. The number of nitrogens with zero attached hydrogens (tertiary/aromatic N) is 3. The summed E-state index contributed by atoms with van der Waals surface area (Å²) >= 11 is 0. The Morgan fingerprint density at radius 2 is 1.47 bits per heavy atom. The SMILES string of the molecule is COc1ccccc1N1CCN(C(=O)c2cc3c(OC)ccc(OC)c3n2C)CC1. The van der Waals surface area contributed by atoms with Crippen molar-refractivity contribution < 1.29 is 19.0 Å². The van der Waals surface area contributed by atoms with Crippen molar-refractivity contribution in [3.05, 3.63) is 48.2 Å². The molecule has 1 fully saturated rings. The largest absolute Gasteiger partial charge is 0.496 e. The van der Waals surface area contributed by atoms with Gasteiger partial charge in [0.2, 0.25) is 0 Å². The maximum atomic E-state index is 13.3. The molecule has 0 bridgehead atoms. The zero-order chi connectivity index (χ0) is 21.3. The summed E-state index contributed by atoms with van der Waals surface area (Å²) in [5, 5.41) is 0.871. The summed E-state index contributed by atoms with van der Waals surface area (Å²) in [5.41, 5.74) is 2.54. The van der Waals surface area contributed by atoms with Gasteiger partial charge in [-0.05, 0) is 30.3 Å². The van der Waals surface area contributed by atoms with Crippen molar-refractivity contribution in [1.29, 1.82) is 0 Å². The lowest BCUT2D eigenvalue weighted by atomic mass is 10.2. The van der Waals surface area contributed by atoms with E-state index in [0.717, 1.165) is 41.2 Å². The Morgan fingerprint density at radius 3 is 2.13 bits per heavy atom. The van der Waals surface area contributed by atoms with Gasteiger partial charge in [0.15, 0.2) is 0 Å². The normalized spacial score (nSPS) is 14.1. The van der Waals surface area contributed by atoms with Crippen LogP contribution >= 0.6 is 0 Å². The molecule has 0 radical (unpaired) electrons. The third kappa shape index (κ3) is 3.30. The number of piperazine rings is 1. The number of rotatable bonds is 5. The Labute approximate surface area is 176 Å². The molecule has 1 amide bonds. The second-order valence-corrected chi connectivity index (χ2v) is 7.27. The van der Waals surface area contributed by atoms with Crippen LogP contribution < -0.4 is 19.1 Å². The molecule has 0 atom stereocenters. The minimum atomic E-state index is 0.0116. The Kier molecular flexibility index (Phi) is 5.44. The second kappa shape index (κ2) is 8.18. The Morgan fingerprint density at radius 1 is 0.833 bits per heavy atom. The number of carbonyl (C=O) groups is 1. The van der Waals surface area contributed by atoms with E-state index in [9.17, 15) is 4.79 Å². The van der Waals surface area contributed by atoms with Crippen LogP contribution in [0.4, 0.5) is 5.69 Å². The van der Waals surface area contributed by atoms with E-state index < -0.39 is 0 Å². The molecule has 4 rings (SSSR count). The molecule has 1 aliphatic rings. The van der Waals surface area contributed by atoms with Gasteiger partial charge < -0.3 is 28.6 Å². The van der Waals surface area contributed by atoms with Crippen LogP contribution in [0.2, 0.25) is 0 Å². The number of hydrogen-bond acceptors (Lipinski definition) is 5. The second-order valence-electron chi connectivity index (χ2n) is 7.27. The molecular weight excluding hydrogens is 382 g/mol. The molecule has 1 saturated heterocycles. The first-order valence-electron chi connectivity index (χ1n) is 9.96. The number of aromatic nitrogens is 1. The number of methoxy groups -OCH3 is 3. The quantitative estimate of drug-likeness (QED) is 0.648. The molecule has 0 saturated carbocycles. The monoisotopic (exact) mass is 409 g/mol. The average Bonchev–Trinajstić information content (AvgIpc) is 3.15. The van der Waals surface area contributed by atoms with Crippen LogP contribution in [0.15, 0.2) is 42.5 Å². The van der Waals surface area contributed by atoms with Crippen LogP contribution in [0.5, 0.6) is 17.2 Å². The molecule has 7 nitrogen and oxygen atoms in total. The smallest absolute Gasteiger partial charge is 0.270 e. The lowest BCUT2D eigenvalue weighted by Gasteiger charge is -2.36. The van der Waals surface area contributed by atoms with E-state index >= 15 is 0 Å². The summed E-state index contributed by atoms with van der Waals surface area (Å²) in [5.74, 6) is 2.30. The summed E-state index contributed by atoms with van der Waals surface area (Å²) in [4.78, 5) is 17.5. The number of carbonyl (C=O) groups excluding carboxylic acids is 1. The van der Waals surface area contributed by atoms with Gasteiger partial charge >= 0.3 is 0 Å².